The summed E-state index contributed by atoms with van der Waals surface area (Å²) in [6, 6.07) is 0. The Labute approximate surface area is 78.2 Å². The predicted molar refractivity (Wildman–Crippen MR) is 47.8 cm³/mol. The first-order chi connectivity index (χ1) is 6.77. The summed E-state index contributed by atoms with van der Waals surface area (Å²) in [6.07, 6.45) is 2.88. The summed E-state index contributed by atoms with van der Waals surface area (Å²) in [7, 11) is 0. The minimum Gasteiger partial charge on any atom is -0.480 e. The molecule has 0 aliphatic rings. The number of hydrogen-bond acceptors (Lipinski definition) is 5. The lowest BCUT2D eigenvalue weighted by Crippen LogP contribution is -2.13. The number of carbonyl (C=O) groups is 1. The topological polar surface area (TPSA) is 104 Å². The van der Waals surface area contributed by atoms with Crippen molar-refractivity contribution < 1.29 is 9.90 Å². The van der Waals surface area contributed by atoms with Crippen LogP contribution in [0.3, 0.4) is 0 Å². The maximum atomic E-state index is 10.3. The molecule has 0 aliphatic heterocycles. The Bertz CT molecular complexity index is 466. The minimum absolute atomic E-state index is 0.183. The largest absolute Gasteiger partial charge is 0.480 e. The van der Waals surface area contributed by atoms with Crippen LogP contribution in [0.4, 0.5) is 5.82 Å². The molecule has 7 heteroatoms. The van der Waals surface area contributed by atoms with E-state index in [1.165, 1.54) is 6.33 Å². The number of anilines is 1. The number of fused-ring (bicyclic) bond motifs is 1. The molecule has 0 bridgehead atoms. The van der Waals surface area contributed by atoms with Gasteiger partial charge < -0.3 is 10.4 Å². The maximum Gasteiger partial charge on any atom is 0.322 e. The van der Waals surface area contributed by atoms with Gasteiger partial charge in [0.2, 0.25) is 0 Å². The van der Waals surface area contributed by atoms with Crippen molar-refractivity contribution >= 4 is 22.8 Å². The molecule has 0 spiro atoms. The fraction of sp³-hybridized carbons (Fsp3) is 0.143. The molecular weight excluding hydrogens is 186 g/mol. The molecule has 2 rings (SSSR count). The number of nitrogens with one attached hydrogen (secondary N) is 2. The monoisotopic (exact) mass is 193 g/mol. The second-order valence-corrected chi connectivity index (χ2v) is 2.60. The van der Waals surface area contributed by atoms with E-state index < -0.39 is 5.97 Å². The van der Waals surface area contributed by atoms with Gasteiger partial charge in [0.05, 0.1) is 11.6 Å². The van der Waals surface area contributed by atoms with Crippen molar-refractivity contribution in [2.45, 2.75) is 0 Å². The summed E-state index contributed by atoms with van der Waals surface area (Å²) in [5.41, 5.74) is 0.577. The summed E-state index contributed by atoms with van der Waals surface area (Å²) in [5, 5.41) is 18.2. The Balaban J connectivity index is 2.32. The standard InChI is InChI=1S/C7H7N5O2/c13-5(14)2-8-6-4-1-11-12-7(4)10-3-9-6/h1,3H,2H2,(H,13,14)(H2,8,9,10,11,12). The third-order valence-corrected chi connectivity index (χ3v) is 1.66. The van der Waals surface area contributed by atoms with E-state index in [0.29, 0.717) is 16.9 Å². The molecule has 0 radical (unpaired) electrons. The molecule has 0 fully saturated rings. The van der Waals surface area contributed by atoms with E-state index >= 15 is 0 Å². The molecule has 7 nitrogen and oxygen atoms in total. The predicted octanol–water partition coefficient (Wildman–Crippen LogP) is -0.151. The van der Waals surface area contributed by atoms with Crippen molar-refractivity contribution in [3.63, 3.8) is 0 Å². The van der Waals surface area contributed by atoms with Gasteiger partial charge in [-0.3, -0.25) is 9.89 Å². The van der Waals surface area contributed by atoms with Gasteiger partial charge in [0.15, 0.2) is 5.65 Å². The highest BCUT2D eigenvalue weighted by Gasteiger charge is 2.05. The molecule has 14 heavy (non-hydrogen) atoms. The highest BCUT2D eigenvalue weighted by molar-refractivity contribution is 5.87. The van der Waals surface area contributed by atoms with Gasteiger partial charge in [-0.1, -0.05) is 0 Å². The Morgan fingerprint density at radius 1 is 1.57 bits per heavy atom. The van der Waals surface area contributed by atoms with Crippen LogP contribution in [0, 0.1) is 0 Å². The quantitative estimate of drug-likeness (QED) is 0.626. The Morgan fingerprint density at radius 2 is 2.43 bits per heavy atom. The van der Waals surface area contributed by atoms with Crippen LogP contribution in [0.25, 0.3) is 11.0 Å². The van der Waals surface area contributed by atoms with Crippen molar-refractivity contribution in [3.05, 3.63) is 12.5 Å². The van der Waals surface area contributed by atoms with Crippen LogP contribution in [-0.2, 0) is 4.79 Å². The Morgan fingerprint density at radius 3 is 3.21 bits per heavy atom. The minimum atomic E-state index is -0.944. The fourth-order valence-corrected chi connectivity index (χ4v) is 1.07. The van der Waals surface area contributed by atoms with Crippen LogP contribution >= 0.6 is 0 Å². The lowest BCUT2D eigenvalue weighted by Gasteiger charge is -2.01. The smallest absolute Gasteiger partial charge is 0.322 e. The highest BCUT2D eigenvalue weighted by atomic mass is 16.4. The van der Waals surface area contributed by atoms with Crippen LogP contribution in [0.1, 0.15) is 0 Å². The van der Waals surface area contributed by atoms with Crippen LogP contribution in [0.15, 0.2) is 12.5 Å². The third-order valence-electron chi connectivity index (χ3n) is 1.66. The first-order valence-corrected chi connectivity index (χ1v) is 3.87. The van der Waals surface area contributed by atoms with Gasteiger partial charge in [-0.25, -0.2) is 9.97 Å². The van der Waals surface area contributed by atoms with E-state index in [1.807, 2.05) is 0 Å². The van der Waals surface area contributed by atoms with Crippen molar-refractivity contribution in [2.75, 3.05) is 11.9 Å². The molecular formula is C7H7N5O2. The van der Waals surface area contributed by atoms with Gasteiger partial charge in [-0.15, -0.1) is 0 Å². The van der Waals surface area contributed by atoms with E-state index in [2.05, 4.69) is 25.5 Å². The van der Waals surface area contributed by atoms with E-state index in [-0.39, 0.29) is 6.54 Å². The number of rotatable bonds is 3. The molecule has 2 aromatic rings. The molecule has 0 saturated carbocycles. The first-order valence-electron chi connectivity index (χ1n) is 3.87. The average Bonchev–Trinajstić information content (AvgIpc) is 2.62. The molecule has 0 aromatic carbocycles. The lowest BCUT2D eigenvalue weighted by molar-refractivity contribution is -0.134. The number of aliphatic carboxylic acids is 1. The zero-order valence-electron chi connectivity index (χ0n) is 7.06. The van der Waals surface area contributed by atoms with Crippen LogP contribution in [-0.4, -0.2) is 37.8 Å². The van der Waals surface area contributed by atoms with Gasteiger partial charge in [0.25, 0.3) is 0 Å². The summed E-state index contributed by atoms with van der Waals surface area (Å²) >= 11 is 0. The van der Waals surface area contributed by atoms with Gasteiger partial charge in [0, 0.05) is 0 Å². The van der Waals surface area contributed by atoms with E-state index in [9.17, 15) is 4.79 Å². The number of H-pyrrole nitrogens is 1. The summed E-state index contributed by atoms with van der Waals surface area (Å²) < 4.78 is 0. The van der Waals surface area contributed by atoms with E-state index in [1.54, 1.807) is 6.20 Å². The zero-order valence-corrected chi connectivity index (χ0v) is 7.06. The second-order valence-electron chi connectivity index (χ2n) is 2.60. The molecule has 0 unspecified atom stereocenters. The highest BCUT2D eigenvalue weighted by Crippen LogP contribution is 2.15. The number of nitrogens with zero attached hydrogens (tertiary/aromatic N) is 3. The number of carboxylic acids is 1. The molecule has 72 valence electrons. The van der Waals surface area contributed by atoms with Crippen molar-refractivity contribution in [2.24, 2.45) is 0 Å². The van der Waals surface area contributed by atoms with Crippen molar-refractivity contribution in [3.8, 4) is 0 Å². The van der Waals surface area contributed by atoms with Crippen molar-refractivity contribution in [1.82, 2.24) is 20.2 Å². The molecule has 0 saturated heterocycles. The molecule has 0 atom stereocenters. The van der Waals surface area contributed by atoms with Gasteiger partial charge in [-0.05, 0) is 0 Å². The summed E-state index contributed by atoms with van der Waals surface area (Å²) in [5.74, 6) is -0.480. The number of carboxylic acid groups (broad SMARTS) is 1. The molecule has 2 heterocycles. The van der Waals surface area contributed by atoms with Crippen LogP contribution in [0.5, 0.6) is 0 Å². The lowest BCUT2D eigenvalue weighted by atomic mass is 10.4. The van der Waals surface area contributed by atoms with Gasteiger partial charge >= 0.3 is 5.97 Å². The maximum absolute atomic E-state index is 10.3. The molecule has 0 amide bonds. The SMILES string of the molecule is O=C(O)CNc1ncnc2[nH]ncc12. The third kappa shape index (κ3) is 1.47. The van der Waals surface area contributed by atoms with E-state index in [0.717, 1.165) is 0 Å². The Kier molecular flexibility index (Phi) is 1.98. The van der Waals surface area contributed by atoms with Gasteiger partial charge in [0.1, 0.15) is 18.7 Å². The summed E-state index contributed by atoms with van der Waals surface area (Å²) in [4.78, 5) is 18.1. The number of hydrogen-bond donors (Lipinski definition) is 3. The molecule has 3 N–H and O–H groups in total. The van der Waals surface area contributed by atoms with Gasteiger partial charge in [-0.2, -0.15) is 5.10 Å². The zero-order chi connectivity index (χ0) is 9.97. The average molecular weight is 193 g/mol. The first kappa shape index (κ1) is 8.42. The fourth-order valence-electron chi connectivity index (χ4n) is 1.07. The van der Waals surface area contributed by atoms with Crippen molar-refractivity contribution in [1.29, 1.82) is 0 Å². The van der Waals surface area contributed by atoms with E-state index in [4.69, 9.17) is 5.11 Å². The molecule has 0 aliphatic carbocycles. The van der Waals surface area contributed by atoms with Crippen LogP contribution in [0.2, 0.25) is 0 Å². The summed E-state index contributed by atoms with van der Waals surface area (Å²) in [6.45, 7) is -0.183. The second kappa shape index (κ2) is 3.29. The number of aromatic nitrogens is 4. The molecule has 2 aromatic heterocycles. The Hall–Kier alpha value is -2.18. The van der Waals surface area contributed by atoms with Crippen LogP contribution < -0.4 is 5.32 Å². The number of aromatic amines is 1. The normalized spacial score (nSPS) is 10.3.